The van der Waals surface area contributed by atoms with Crippen LogP contribution in [0.15, 0.2) is 29.5 Å². The summed E-state index contributed by atoms with van der Waals surface area (Å²) in [6, 6.07) is 3.46. The maximum Gasteiger partial charge on any atom is 0.252 e. The van der Waals surface area contributed by atoms with Crippen molar-refractivity contribution >= 4 is 11.9 Å². The topological polar surface area (TPSA) is 92.4 Å². The van der Waals surface area contributed by atoms with Crippen LogP contribution in [0.3, 0.4) is 0 Å². The fourth-order valence-electron chi connectivity index (χ4n) is 1.92. The summed E-state index contributed by atoms with van der Waals surface area (Å²) in [5.41, 5.74) is 6.30. The van der Waals surface area contributed by atoms with E-state index in [0.29, 0.717) is 30.5 Å². The Balaban J connectivity index is 1.59. The van der Waals surface area contributed by atoms with Gasteiger partial charge in [0.15, 0.2) is 5.96 Å². The van der Waals surface area contributed by atoms with Crippen LogP contribution in [-0.2, 0) is 0 Å². The summed E-state index contributed by atoms with van der Waals surface area (Å²) in [5.74, 6) is 1.03. The van der Waals surface area contributed by atoms with E-state index in [2.05, 4.69) is 20.6 Å². The number of nitrogens with two attached hydrogens (primary N) is 1. The van der Waals surface area contributed by atoms with Crippen LogP contribution in [0, 0.1) is 5.92 Å². The number of rotatable bonds is 6. The highest BCUT2D eigenvalue weighted by molar-refractivity contribution is 5.93. The zero-order valence-electron chi connectivity index (χ0n) is 11.5. The number of hydrogen-bond acceptors (Lipinski definition) is 3. The lowest BCUT2D eigenvalue weighted by Crippen LogP contribution is -2.38. The molecule has 1 aliphatic rings. The van der Waals surface area contributed by atoms with Gasteiger partial charge in [-0.2, -0.15) is 0 Å². The molecule has 6 nitrogen and oxygen atoms in total. The molecule has 0 unspecified atom stereocenters. The highest BCUT2D eigenvalue weighted by Gasteiger charge is 2.16. The molecule has 1 amide bonds. The molecule has 0 spiro atoms. The highest BCUT2D eigenvalue weighted by atomic mass is 16.1. The van der Waals surface area contributed by atoms with Gasteiger partial charge in [-0.25, -0.2) is 0 Å². The lowest BCUT2D eigenvalue weighted by molar-refractivity contribution is 0.0954. The van der Waals surface area contributed by atoms with E-state index in [4.69, 9.17) is 5.73 Å². The SMILES string of the molecule is NC(=NCC1CCC1)NCCNC(=O)c1cccnc1. The molecule has 1 aliphatic carbocycles. The Morgan fingerprint density at radius 2 is 2.20 bits per heavy atom. The van der Waals surface area contributed by atoms with Crippen molar-refractivity contribution in [3.63, 3.8) is 0 Å². The molecular formula is C14H21N5O. The molecule has 1 aromatic rings. The zero-order chi connectivity index (χ0) is 14.2. The summed E-state index contributed by atoms with van der Waals surface area (Å²) in [7, 11) is 0. The van der Waals surface area contributed by atoms with Gasteiger partial charge in [-0.3, -0.25) is 14.8 Å². The van der Waals surface area contributed by atoms with Crippen LogP contribution >= 0.6 is 0 Å². The van der Waals surface area contributed by atoms with Crippen molar-refractivity contribution in [2.75, 3.05) is 19.6 Å². The molecule has 1 heterocycles. The van der Waals surface area contributed by atoms with Crippen LogP contribution < -0.4 is 16.4 Å². The minimum atomic E-state index is -0.134. The number of pyridine rings is 1. The first-order valence-corrected chi connectivity index (χ1v) is 6.97. The van der Waals surface area contributed by atoms with E-state index in [1.165, 1.54) is 25.5 Å². The average Bonchev–Trinajstić information content (AvgIpc) is 2.42. The molecule has 6 heteroatoms. The van der Waals surface area contributed by atoms with Gasteiger partial charge < -0.3 is 16.4 Å². The number of aliphatic imine (C=N–C) groups is 1. The maximum absolute atomic E-state index is 11.7. The summed E-state index contributed by atoms with van der Waals surface area (Å²) in [4.78, 5) is 19.9. The second-order valence-electron chi connectivity index (χ2n) is 4.95. The van der Waals surface area contributed by atoms with Crippen LogP contribution in [0.2, 0.25) is 0 Å². The van der Waals surface area contributed by atoms with E-state index in [-0.39, 0.29) is 5.91 Å². The first-order chi connectivity index (χ1) is 9.75. The number of carbonyl (C=O) groups excluding carboxylic acids is 1. The Morgan fingerprint density at radius 1 is 1.40 bits per heavy atom. The minimum absolute atomic E-state index is 0.134. The molecule has 0 bridgehead atoms. The number of amides is 1. The lowest BCUT2D eigenvalue weighted by atomic mass is 9.86. The number of guanidine groups is 1. The Bertz CT molecular complexity index is 456. The summed E-state index contributed by atoms with van der Waals surface area (Å²) in [6.07, 6.45) is 7.01. The van der Waals surface area contributed by atoms with Crippen molar-refractivity contribution in [1.82, 2.24) is 15.6 Å². The van der Waals surface area contributed by atoms with E-state index in [0.717, 1.165) is 6.54 Å². The number of hydrogen-bond donors (Lipinski definition) is 3. The van der Waals surface area contributed by atoms with Crippen LogP contribution in [0.25, 0.3) is 0 Å². The zero-order valence-corrected chi connectivity index (χ0v) is 11.5. The number of nitrogens with zero attached hydrogens (tertiary/aromatic N) is 2. The van der Waals surface area contributed by atoms with E-state index in [1.54, 1.807) is 18.3 Å². The first-order valence-electron chi connectivity index (χ1n) is 6.97. The second kappa shape index (κ2) is 7.47. The van der Waals surface area contributed by atoms with Crippen LogP contribution in [-0.4, -0.2) is 36.5 Å². The third-order valence-corrected chi connectivity index (χ3v) is 3.38. The van der Waals surface area contributed by atoms with Crippen molar-refractivity contribution in [2.45, 2.75) is 19.3 Å². The van der Waals surface area contributed by atoms with Gasteiger partial charge in [0.05, 0.1) is 5.56 Å². The van der Waals surface area contributed by atoms with Gasteiger partial charge in [0.25, 0.3) is 5.91 Å². The largest absolute Gasteiger partial charge is 0.370 e. The summed E-state index contributed by atoms with van der Waals surface area (Å²) in [5, 5.41) is 5.78. The second-order valence-corrected chi connectivity index (χ2v) is 4.95. The Morgan fingerprint density at radius 3 is 2.85 bits per heavy atom. The Labute approximate surface area is 118 Å². The van der Waals surface area contributed by atoms with Gasteiger partial charge in [-0.05, 0) is 30.9 Å². The molecule has 108 valence electrons. The summed E-state index contributed by atoms with van der Waals surface area (Å²) >= 11 is 0. The quantitative estimate of drug-likeness (QED) is 0.401. The molecule has 0 radical (unpaired) electrons. The van der Waals surface area contributed by atoms with E-state index in [1.807, 2.05) is 0 Å². The molecule has 4 N–H and O–H groups in total. The predicted octanol–water partition coefficient (Wildman–Crippen LogP) is 0.516. The minimum Gasteiger partial charge on any atom is -0.370 e. The van der Waals surface area contributed by atoms with Crippen molar-refractivity contribution < 1.29 is 4.79 Å². The normalized spacial score (nSPS) is 15.5. The number of carbonyl (C=O) groups is 1. The smallest absolute Gasteiger partial charge is 0.252 e. The van der Waals surface area contributed by atoms with Crippen molar-refractivity contribution in [2.24, 2.45) is 16.6 Å². The van der Waals surface area contributed by atoms with Crippen molar-refractivity contribution in [3.05, 3.63) is 30.1 Å². The predicted molar refractivity (Wildman–Crippen MR) is 78.4 cm³/mol. The Hall–Kier alpha value is -2.11. The average molecular weight is 275 g/mol. The molecule has 1 saturated carbocycles. The molecule has 0 saturated heterocycles. The molecule has 0 atom stereocenters. The molecule has 2 rings (SSSR count). The van der Waals surface area contributed by atoms with Crippen molar-refractivity contribution in [1.29, 1.82) is 0 Å². The third-order valence-electron chi connectivity index (χ3n) is 3.38. The van der Waals surface area contributed by atoms with Gasteiger partial charge in [-0.15, -0.1) is 0 Å². The van der Waals surface area contributed by atoms with Crippen LogP contribution in [0.5, 0.6) is 0 Å². The van der Waals surface area contributed by atoms with E-state index >= 15 is 0 Å². The van der Waals surface area contributed by atoms with Gasteiger partial charge in [0.1, 0.15) is 0 Å². The maximum atomic E-state index is 11.7. The monoisotopic (exact) mass is 275 g/mol. The Kier molecular flexibility index (Phi) is 5.34. The standard InChI is InChI=1S/C14H21N5O/c15-14(19-9-11-3-1-4-11)18-8-7-17-13(20)12-5-2-6-16-10-12/h2,5-6,10-11H,1,3-4,7-9H2,(H,17,20)(H3,15,18,19). The van der Waals surface area contributed by atoms with Crippen LogP contribution in [0.1, 0.15) is 29.6 Å². The van der Waals surface area contributed by atoms with Gasteiger partial charge in [0, 0.05) is 32.0 Å². The summed E-state index contributed by atoms with van der Waals surface area (Å²) < 4.78 is 0. The molecule has 0 aliphatic heterocycles. The molecule has 0 aromatic carbocycles. The fourth-order valence-corrected chi connectivity index (χ4v) is 1.92. The van der Waals surface area contributed by atoms with E-state index in [9.17, 15) is 4.79 Å². The van der Waals surface area contributed by atoms with E-state index < -0.39 is 0 Å². The first kappa shape index (κ1) is 14.3. The van der Waals surface area contributed by atoms with Crippen LogP contribution in [0.4, 0.5) is 0 Å². The third kappa shape index (κ3) is 4.53. The number of aromatic nitrogens is 1. The van der Waals surface area contributed by atoms with Gasteiger partial charge in [0.2, 0.25) is 0 Å². The molecule has 1 aromatic heterocycles. The molecule has 20 heavy (non-hydrogen) atoms. The highest BCUT2D eigenvalue weighted by Crippen LogP contribution is 2.26. The fraction of sp³-hybridized carbons (Fsp3) is 0.500. The van der Waals surface area contributed by atoms with Gasteiger partial charge in [-0.1, -0.05) is 6.42 Å². The molecular weight excluding hydrogens is 254 g/mol. The lowest BCUT2D eigenvalue weighted by Gasteiger charge is -2.23. The van der Waals surface area contributed by atoms with Gasteiger partial charge >= 0.3 is 0 Å². The number of nitrogens with one attached hydrogen (secondary N) is 2. The van der Waals surface area contributed by atoms with Crippen molar-refractivity contribution in [3.8, 4) is 0 Å². The molecule has 1 fully saturated rings. The summed E-state index contributed by atoms with van der Waals surface area (Å²) in [6.45, 7) is 1.86.